The van der Waals surface area contributed by atoms with E-state index < -0.39 is 11.1 Å². The minimum atomic E-state index is -1.58. The third-order valence-corrected chi connectivity index (χ3v) is 2.62. The first-order chi connectivity index (χ1) is 3.72. The molecule has 1 saturated carbocycles. The molecule has 0 amide bonds. The summed E-state index contributed by atoms with van der Waals surface area (Å²) in [4.78, 5) is 0. The molecule has 0 aromatic rings. The minimum Gasteiger partial charge on any atom is -0.306 e. The van der Waals surface area contributed by atoms with E-state index >= 15 is 0 Å². The molecule has 0 aromatic heterocycles. The van der Waals surface area contributed by atoms with Gasteiger partial charge >= 0.3 is 0 Å². The molecule has 1 N–H and O–H groups in total. The average molecular weight is 134 g/mol. The Morgan fingerprint density at radius 3 is 2.38 bits per heavy atom. The number of hydrogen-bond acceptors (Lipinski definition) is 1. The van der Waals surface area contributed by atoms with Gasteiger partial charge < -0.3 is 4.55 Å². The monoisotopic (exact) mass is 134 g/mol. The Kier molecular flexibility index (Phi) is 1.68. The summed E-state index contributed by atoms with van der Waals surface area (Å²) in [5.74, 6) is 0.542. The van der Waals surface area contributed by atoms with E-state index in [2.05, 4.69) is 0 Å². The Bertz CT molecular complexity index is 109. The Morgan fingerprint density at radius 2 is 2.25 bits per heavy atom. The zero-order chi connectivity index (χ0) is 6.15. The molecule has 3 heteroatoms. The summed E-state index contributed by atoms with van der Waals surface area (Å²) in [6, 6.07) is 0. The van der Waals surface area contributed by atoms with Crippen molar-refractivity contribution in [3.8, 4) is 0 Å². The second-order valence-corrected chi connectivity index (χ2v) is 3.61. The standard InChI is InChI=1S/C5H10O2S/c1-4(8(6)7)5-2-3-5/h4-5H,2-3H2,1H3,(H,6,7). The van der Waals surface area contributed by atoms with E-state index in [0.717, 1.165) is 12.8 Å². The van der Waals surface area contributed by atoms with Crippen LogP contribution in [0.15, 0.2) is 0 Å². The molecule has 0 bridgehead atoms. The zero-order valence-electron chi connectivity index (χ0n) is 4.83. The number of rotatable bonds is 2. The Labute approximate surface area is 51.6 Å². The van der Waals surface area contributed by atoms with Crippen LogP contribution in [0, 0.1) is 5.92 Å². The molecule has 8 heavy (non-hydrogen) atoms. The van der Waals surface area contributed by atoms with E-state index in [-0.39, 0.29) is 5.25 Å². The van der Waals surface area contributed by atoms with Crippen molar-refractivity contribution < 1.29 is 8.76 Å². The van der Waals surface area contributed by atoms with E-state index in [1.165, 1.54) is 0 Å². The third kappa shape index (κ3) is 1.29. The molecular formula is C5H10O2S. The lowest BCUT2D eigenvalue weighted by atomic mass is 10.3. The van der Waals surface area contributed by atoms with Gasteiger partial charge in [-0.05, 0) is 25.7 Å². The highest BCUT2D eigenvalue weighted by atomic mass is 32.2. The molecule has 2 nitrogen and oxygen atoms in total. The second kappa shape index (κ2) is 2.15. The van der Waals surface area contributed by atoms with Crippen LogP contribution in [0.3, 0.4) is 0 Å². The van der Waals surface area contributed by atoms with Gasteiger partial charge in [-0.15, -0.1) is 0 Å². The first-order valence-electron chi connectivity index (χ1n) is 2.81. The molecule has 1 aliphatic carbocycles. The Balaban J connectivity index is 2.32. The van der Waals surface area contributed by atoms with Crippen LogP contribution in [-0.2, 0) is 11.1 Å². The fraction of sp³-hybridized carbons (Fsp3) is 1.00. The highest BCUT2D eigenvalue weighted by Crippen LogP contribution is 2.34. The first-order valence-corrected chi connectivity index (χ1v) is 3.98. The molecule has 0 saturated heterocycles. The molecule has 0 aromatic carbocycles. The van der Waals surface area contributed by atoms with Crippen LogP contribution in [0.4, 0.5) is 0 Å². The zero-order valence-corrected chi connectivity index (χ0v) is 5.65. The Morgan fingerprint density at radius 1 is 1.75 bits per heavy atom. The molecule has 0 spiro atoms. The third-order valence-electron chi connectivity index (χ3n) is 1.60. The van der Waals surface area contributed by atoms with Gasteiger partial charge in [0.1, 0.15) is 0 Å². The van der Waals surface area contributed by atoms with E-state index in [1.807, 2.05) is 6.92 Å². The van der Waals surface area contributed by atoms with Crippen molar-refractivity contribution in [1.29, 1.82) is 0 Å². The smallest absolute Gasteiger partial charge is 0.155 e. The van der Waals surface area contributed by atoms with Gasteiger partial charge in [-0.25, -0.2) is 4.21 Å². The molecule has 0 aliphatic heterocycles. The van der Waals surface area contributed by atoms with E-state index in [9.17, 15) is 4.21 Å². The summed E-state index contributed by atoms with van der Waals surface area (Å²) in [6.07, 6.45) is 2.29. The summed E-state index contributed by atoms with van der Waals surface area (Å²) in [6.45, 7) is 1.83. The highest BCUT2D eigenvalue weighted by molar-refractivity contribution is 7.79. The maximum Gasteiger partial charge on any atom is 0.155 e. The van der Waals surface area contributed by atoms with Crippen molar-refractivity contribution in [3.05, 3.63) is 0 Å². The van der Waals surface area contributed by atoms with Crippen LogP contribution < -0.4 is 0 Å². The molecule has 0 heterocycles. The predicted molar refractivity (Wildman–Crippen MR) is 33.0 cm³/mol. The van der Waals surface area contributed by atoms with Gasteiger partial charge in [-0.1, -0.05) is 0 Å². The van der Waals surface area contributed by atoms with E-state index in [4.69, 9.17) is 4.55 Å². The maximum atomic E-state index is 10.3. The summed E-state index contributed by atoms with van der Waals surface area (Å²) < 4.78 is 18.8. The lowest BCUT2D eigenvalue weighted by molar-refractivity contribution is 0.542. The van der Waals surface area contributed by atoms with Gasteiger partial charge in [0, 0.05) is 0 Å². The molecule has 48 valence electrons. The van der Waals surface area contributed by atoms with Crippen molar-refractivity contribution in [2.24, 2.45) is 5.92 Å². The lowest BCUT2D eigenvalue weighted by Gasteiger charge is -2.00. The van der Waals surface area contributed by atoms with Gasteiger partial charge in [-0.2, -0.15) is 0 Å². The van der Waals surface area contributed by atoms with Gasteiger partial charge in [0.15, 0.2) is 11.1 Å². The SMILES string of the molecule is CC(C1CC1)S(=O)O. The van der Waals surface area contributed by atoms with Crippen LogP contribution >= 0.6 is 0 Å². The van der Waals surface area contributed by atoms with Gasteiger partial charge in [0.25, 0.3) is 0 Å². The minimum absolute atomic E-state index is 0.00926. The molecule has 0 radical (unpaired) electrons. The second-order valence-electron chi connectivity index (χ2n) is 2.32. The molecular weight excluding hydrogens is 124 g/mol. The summed E-state index contributed by atoms with van der Waals surface area (Å²) >= 11 is -1.58. The fourth-order valence-corrected chi connectivity index (χ4v) is 1.33. The maximum absolute atomic E-state index is 10.3. The van der Waals surface area contributed by atoms with Gasteiger partial charge in [0.05, 0.1) is 5.25 Å². The van der Waals surface area contributed by atoms with Gasteiger partial charge in [0.2, 0.25) is 0 Å². The molecule has 2 atom stereocenters. The van der Waals surface area contributed by atoms with Crippen LogP contribution in [0.25, 0.3) is 0 Å². The van der Waals surface area contributed by atoms with Crippen molar-refractivity contribution in [2.75, 3.05) is 0 Å². The summed E-state index contributed by atoms with van der Waals surface area (Å²) in [7, 11) is 0. The van der Waals surface area contributed by atoms with Gasteiger partial charge in [-0.3, -0.25) is 0 Å². The van der Waals surface area contributed by atoms with Crippen LogP contribution in [0.2, 0.25) is 0 Å². The summed E-state index contributed by atoms with van der Waals surface area (Å²) in [5.41, 5.74) is 0. The van der Waals surface area contributed by atoms with Crippen molar-refractivity contribution in [3.63, 3.8) is 0 Å². The topological polar surface area (TPSA) is 37.3 Å². The van der Waals surface area contributed by atoms with Crippen molar-refractivity contribution >= 4 is 11.1 Å². The highest BCUT2D eigenvalue weighted by Gasteiger charge is 2.31. The van der Waals surface area contributed by atoms with E-state index in [0.29, 0.717) is 5.92 Å². The molecule has 2 unspecified atom stereocenters. The molecule has 1 fully saturated rings. The summed E-state index contributed by atoms with van der Waals surface area (Å²) in [5, 5.41) is 0.00926. The first kappa shape index (κ1) is 6.23. The van der Waals surface area contributed by atoms with E-state index in [1.54, 1.807) is 0 Å². The van der Waals surface area contributed by atoms with Crippen molar-refractivity contribution in [2.45, 2.75) is 25.0 Å². The van der Waals surface area contributed by atoms with Crippen molar-refractivity contribution in [1.82, 2.24) is 0 Å². The number of hydrogen-bond donors (Lipinski definition) is 1. The fourth-order valence-electron chi connectivity index (χ4n) is 0.730. The molecule has 1 aliphatic rings. The lowest BCUT2D eigenvalue weighted by Crippen LogP contribution is -2.11. The quantitative estimate of drug-likeness (QED) is 0.572. The Hall–Kier alpha value is 0.110. The largest absolute Gasteiger partial charge is 0.306 e. The van der Waals surface area contributed by atoms with Crippen LogP contribution in [0.5, 0.6) is 0 Å². The predicted octanol–water partition coefficient (Wildman–Crippen LogP) is 1.01. The van der Waals surface area contributed by atoms with Crippen LogP contribution in [0.1, 0.15) is 19.8 Å². The normalized spacial score (nSPS) is 27.2. The molecule has 1 rings (SSSR count). The van der Waals surface area contributed by atoms with Crippen LogP contribution in [-0.4, -0.2) is 14.0 Å². The average Bonchev–Trinajstić information content (AvgIpc) is 2.43.